The predicted molar refractivity (Wildman–Crippen MR) is 88.4 cm³/mol. The summed E-state index contributed by atoms with van der Waals surface area (Å²) in [4.78, 5) is 4.73. The van der Waals surface area contributed by atoms with E-state index < -0.39 is 0 Å². The number of hydrogen-bond acceptors (Lipinski definition) is 2. The minimum absolute atomic E-state index is 0.767. The van der Waals surface area contributed by atoms with Gasteiger partial charge in [-0.3, -0.25) is 0 Å². The Labute approximate surface area is 125 Å². The van der Waals surface area contributed by atoms with E-state index >= 15 is 0 Å². The topological polar surface area (TPSA) is 43.8 Å². The molecule has 0 aliphatic rings. The van der Waals surface area contributed by atoms with E-state index in [9.17, 15) is 0 Å². The number of benzene rings is 2. The molecule has 1 heterocycles. The first-order chi connectivity index (χ1) is 10.2. The summed E-state index contributed by atoms with van der Waals surface area (Å²) in [5, 5.41) is 0. The maximum Gasteiger partial charge on any atom is 0.109 e. The fourth-order valence-corrected chi connectivity index (χ4v) is 2.87. The van der Waals surface area contributed by atoms with Crippen LogP contribution >= 0.6 is 0 Å². The number of nitrogens with zero attached hydrogens (tertiary/aromatic N) is 2. The monoisotopic (exact) mass is 279 g/mol. The average molecular weight is 279 g/mol. The van der Waals surface area contributed by atoms with Gasteiger partial charge in [-0.15, -0.1) is 0 Å². The maximum atomic E-state index is 5.87. The largest absolute Gasteiger partial charge is 0.399 e. The van der Waals surface area contributed by atoms with Crippen molar-refractivity contribution in [2.45, 2.75) is 33.2 Å². The lowest BCUT2D eigenvalue weighted by Gasteiger charge is -2.12. The molecular weight excluding hydrogens is 258 g/mol. The molecule has 108 valence electrons. The fraction of sp³-hybridized carbons (Fsp3) is 0.278. The van der Waals surface area contributed by atoms with Crippen LogP contribution in [0.3, 0.4) is 0 Å². The van der Waals surface area contributed by atoms with Crippen LogP contribution in [0.2, 0.25) is 0 Å². The highest BCUT2D eigenvalue weighted by molar-refractivity contribution is 5.79. The van der Waals surface area contributed by atoms with Gasteiger partial charge in [0, 0.05) is 18.7 Å². The molecule has 3 rings (SSSR count). The van der Waals surface area contributed by atoms with Crippen LogP contribution in [0.4, 0.5) is 5.69 Å². The Bertz CT molecular complexity index is 771. The van der Waals surface area contributed by atoms with E-state index in [0.717, 1.165) is 41.9 Å². The van der Waals surface area contributed by atoms with Crippen molar-refractivity contribution in [1.82, 2.24) is 9.55 Å². The summed E-state index contributed by atoms with van der Waals surface area (Å²) in [5.74, 6) is 1.11. The molecule has 3 nitrogen and oxygen atoms in total. The molecule has 0 spiro atoms. The molecule has 0 saturated heterocycles. The number of nitrogen functional groups attached to an aromatic ring is 1. The summed E-state index contributed by atoms with van der Waals surface area (Å²) in [6, 6.07) is 14.6. The van der Waals surface area contributed by atoms with Gasteiger partial charge in [0.25, 0.3) is 0 Å². The second kappa shape index (κ2) is 5.60. The summed E-state index contributed by atoms with van der Waals surface area (Å²) >= 11 is 0. The summed E-state index contributed by atoms with van der Waals surface area (Å²) in [6.45, 7) is 5.21. The van der Waals surface area contributed by atoms with Crippen LogP contribution in [0.25, 0.3) is 11.0 Å². The van der Waals surface area contributed by atoms with Gasteiger partial charge in [-0.05, 0) is 35.7 Å². The maximum absolute atomic E-state index is 5.87. The Balaban J connectivity index is 2.11. The van der Waals surface area contributed by atoms with E-state index in [2.05, 4.69) is 48.7 Å². The Morgan fingerprint density at radius 3 is 2.48 bits per heavy atom. The van der Waals surface area contributed by atoms with Crippen LogP contribution in [0.1, 0.15) is 30.8 Å². The summed E-state index contributed by atoms with van der Waals surface area (Å²) in [6.07, 6.45) is 1.97. The molecule has 1 aromatic heterocycles. The predicted octanol–water partition coefficient (Wildman–Crippen LogP) is 3.79. The van der Waals surface area contributed by atoms with E-state index in [0.29, 0.717) is 0 Å². The number of rotatable bonds is 4. The number of imidazole rings is 1. The van der Waals surface area contributed by atoms with Gasteiger partial charge in [-0.25, -0.2) is 4.98 Å². The molecule has 0 unspecified atom stereocenters. The molecule has 0 aliphatic heterocycles. The highest BCUT2D eigenvalue weighted by Crippen LogP contribution is 2.22. The van der Waals surface area contributed by atoms with Crippen molar-refractivity contribution in [3.63, 3.8) is 0 Å². The van der Waals surface area contributed by atoms with Crippen molar-refractivity contribution < 1.29 is 0 Å². The van der Waals surface area contributed by atoms with E-state index in [1.165, 1.54) is 11.1 Å². The van der Waals surface area contributed by atoms with Crippen molar-refractivity contribution in [3.05, 3.63) is 59.4 Å². The van der Waals surface area contributed by atoms with Crippen molar-refractivity contribution in [1.29, 1.82) is 0 Å². The van der Waals surface area contributed by atoms with Crippen LogP contribution in [0.15, 0.2) is 42.5 Å². The van der Waals surface area contributed by atoms with E-state index in [4.69, 9.17) is 10.7 Å². The lowest BCUT2D eigenvalue weighted by atomic mass is 10.1. The number of hydrogen-bond donors (Lipinski definition) is 1. The van der Waals surface area contributed by atoms with Gasteiger partial charge in [0.2, 0.25) is 0 Å². The molecule has 0 aliphatic carbocycles. The zero-order valence-electron chi connectivity index (χ0n) is 12.6. The second-order valence-corrected chi connectivity index (χ2v) is 5.34. The van der Waals surface area contributed by atoms with Gasteiger partial charge < -0.3 is 10.3 Å². The molecule has 0 saturated carbocycles. The first kappa shape index (κ1) is 13.7. The van der Waals surface area contributed by atoms with Crippen molar-refractivity contribution in [3.8, 4) is 0 Å². The Hall–Kier alpha value is -2.29. The minimum atomic E-state index is 0.767. The van der Waals surface area contributed by atoms with E-state index in [-0.39, 0.29) is 0 Å². The number of fused-ring (bicyclic) bond motifs is 1. The SMILES string of the molecule is CCc1ccccc1Cn1c(CC)nc2cc(N)ccc21. The highest BCUT2D eigenvalue weighted by Gasteiger charge is 2.11. The van der Waals surface area contributed by atoms with Crippen LogP contribution < -0.4 is 5.73 Å². The van der Waals surface area contributed by atoms with E-state index in [1.54, 1.807) is 0 Å². The lowest BCUT2D eigenvalue weighted by Crippen LogP contribution is -2.06. The summed E-state index contributed by atoms with van der Waals surface area (Å²) in [5.41, 5.74) is 11.6. The van der Waals surface area contributed by atoms with Gasteiger partial charge in [0.15, 0.2) is 0 Å². The van der Waals surface area contributed by atoms with Crippen molar-refractivity contribution in [2.24, 2.45) is 0 Å². The normalized spacial score (nSPS) is 11.1. The van der Waals surface area contributed by atoms with Crippen molar-refractivity contribution >= 4 is 16.7 Å². The third-order valence-corrected chi connectivity index (χ3v) is 4.00. The van der Waals surface area contributed by atoms with E-state index in [1.807, 2.05) is 12.1 Å². The molecule has 2 aromatic carbocycles. The zero-order valence-corrected chi connectivity index (χ0v) is 12.6. The van der Waals surface area contributed by atoms with Crippen molar-refractivity contribution in [2.75, 3.05) is 5.73 Å². The molecule has 3 heteroatoms. The van der Waals surface area contributed by atoms with Crippen LogP contribution in [-0.4, -0.2) is 9.55 Å². The number of nitrogens with two attached hydrogens (primary N) is 1. The molecule has 2 N–H and O–H groups in total. The quantitative estimate of drug-likeness (QED) is 0.738. The molecule has 0 bridgehead atoms. The Morgan fingerprint density at radius 1 is 1.00 bits per heavy atom. The molecule has 21 heavy (non-hydrogen) atoms. The van der Waals surface area contributed by atoms with Crippen LogP contribution in [-0.2, 0) is 19.4 Å². The number of aromatic nitrogens is 2. The zero-order chi connectivity index (χ0) is 14.8. The summed E-state index contributed by atoms with van der Waals surface area (Å²) < 4.78 is 2.31. The van der Waals surface area contributed by atoms with Crippen LogP contribution in [0.5, 0.6) is 0 Å². The third-order valence-electron chi connectivity index (χ3n) is 4.00. The van der Waals surface area contributed by atoms with Gasteiger partial charge in [-0.2, -0.15) is 0 Å². The smallest absolute Gasteiger partial charge is 0.109 e. The third kappa shape index (κ3) is 2.51. The standard InChI is InChI=1S/C18H21N3/c1-3-13-7-5-6-8-14(13)12-21-17-10-9-15(19)11-16(17)20-18(21)4-2/h5-11H,3-4,12,19H2,1-2H3. The Morgan fingerprint density at radius 2 is 1.76 bits per heavy atom. The van der Waals surface area contributed by atoms with Gasteiger partial charge in [0.1, 0.15) is 5.82 Å². The Kier molecular flexibility index (Phi) is 3.65. The van der Waals surface area contributed by atoms with Gasteiger partial charge in [-0.1, -0.05) is 38.1 Å². The second-order valence-electron chi connectivity index (χ2n) is 5.34. The lowest BCUT2D eigenvalue weighted by molar-refractivity contribution is 0.746. The first-order valence-electron chi connectivity index (χ1n) is 7.54. The first-order valence-corrected chi connectivity index (χ1v) is 7.54. The molecule has 0 fully saturated rings. The number of anilines is 1. The number of aryl methyl sites for hydroxylation is 2. The molecular formula is C18H21N3. The van der Waals surface area contributed by atoms with Crippen LogP contribution in [0, 0.1) is 0 Å². The molecule has 0 atom stereocenters. The summed E-state index contributed by atoms with van der Waals surface area (Å²) in [7, 11) is 0. The fourth-order valence-electron chi connectivity index (χ4n) is 2.87. The average Bonchev–Trinajstić information content (AvgIpc) is 2.84. The molecule has 0 amide bonds. The minimum Gasteiger partial charge on any atom is -0.399 e. The van der Waals surface area contributed by atoms with Gasteiger partial charge >= 0.3 is 0 Å². The molecule has 0 radical (unpaired) electrons. The van der Waals surface area contributed by atoms with Gasteiger partial charge in [0.05, 0.1) is 11.0 Å². The highest BCUT2D eigenvalue weighted by atomic mass is 15.1. The molecule has 3 aromatic rings.